The van der Waals surface area contributed by atoms with Crippen LogP contribution in [-0.2, 0) is 11.3 Å². The molecule has 0 saturated carbocycles. The molecule has 2 atom stereocenters. The molecule has 2 heterocycles. The Morgan fingerprint density at radius 1 is 1.15 bits per heavy atom. The van der Waals surface area contributed by atoms with Crippen molar-refractivity contribution in [2.45, 2.75) is 50.9 Å². The van der Waals surface area contributed by atoms with E-state index in [9.17, 15) is 0 Å². The Morgan fingerprint density at radius 3 is 2.55 bits per heavy atom. The summed E-state index contributed by atoms with van der Waals surface area (Å²) in [7, 11) is 0. The lowest BCUT2D eigenvalue weighted by Gasteiger charge is -2.34. The number of nitrogens with one attached hydrogen (secondary N) is 1. The van der Waals surface area contributed by atoms with Gasteiger partial charge in [-0.3, -0.25) is 4.90 Å². The number of rotatable bonds is 4. The largest absolute Gasteiger partial charge is 0.377 e. The number of ether oxygens (including phenoxy) is 1. The van der Waals surface area contributed by atoms with Gasteiger partial charge in [0.1, 0.15) is 0 Å². The fraction of sp³-hybridized carbons (Fsp3) is 0.647. The molecule has 0 radical (unpaired) electrons. The molecular weight excluding hydrogens is 248 g/mol. The minimum atomic E-state index is 0.386. The van der Waals surface area contributed by atoms with E-state index in [-0.39, 0.29) is 0 Å². The maximum atomic E-state index is 5.63. The molecule has 0 spiro atoms. The highest BCUT2D eigenvalue weighted by Crippen LogP contribution is 2.18. The van der Waals surface area contributed by atoms with Crippen molar-refractivity contribution in [1.29, 1.82) is 0 Å². The van der Waals surface area contributed by atoms with E-state index < -0.39 is 0 Å². The summed E-state index contributed by atoms with van der Waals surface area (Å²) in [5.74, 6) is 0. The summed E-state index contributed by atoms with van der Waals surface area (Å²) in [5.41, 5.74) is 1.43. The molecule has 0 amide bonds. The average molecular weight is 274 g/mol. The Labute approximate surface area is 122 Å². The van der Waals surface area contributed by atoms with Crippen molar-refractivity contribution in [3.05, 3.63) is 35.9 Å². The zero-order chi connectivity index (χ0) is 13.8. The van der Waals surface area contributed by atoms with Crippen LogP contribution >= 0.6 is 0 Å². The van der Waals surface area contributed by atoms with Gasteiger partial charge in [-0.1, -0.05) is 30.3 Å². The highest BCUT2D eigenvalue weighted by atomic mass is 16.5. The fourth-order valence-electron chi connectivity index (χ4n) is 3.35. The lowest BCUT2D eigenvalue weighted by molar-refractivity contribution is 0.105. The van der Waals surface area contributed by atoms with E-state index in [1.807, 2.05) is 0 Å². The van der Waals surface area contributed by atoms with Gasteiger partial charge in [0.05, 0.1) is 6.10 Å². The zero-order valence-electron chi connectivity index (χ0n) is 12.4. The Kier molecular flexibility index (Phi) is 4.71. The monoisotopic (exact) mass is 274 g/mol. The van der Waals surface area contributed by atoms with Crippen LogP contribution in [0.15, 0.2) is 30.3 Å². The van der Waals surface area contributed by atoms with E-state index in [1.165, 1.54) is 37.9 Å². The second-order valence-corrected chi connectivity index (χ2v) is 6.17. The second-order valence-electron chi connectivity index (χ2n) is 6.17. The fourth-order valence-corrected chi connectivity index (χ4v) is 3.35. The maximum absolute atomic E-state index is 5.63. The molecule has 0 bridgehead atoms. The first-order chi connectivity index (χ1) is 9.81. The van der Waals surface area contributed by atoms with Crippen LogP contribution in [0.3, 0.4) is 0 Å². The average Bonchev–Trinajstić information content (AvgIpc) is 2.88. The predicted molar refractivity (Wildman–Crippen MR) is 81.7 cm³/mol. The second kappa shape index (κ2) is 6.70. The Morgan fingerprint density at radius 2 is 1.90 bits per heavy atom. The van der Waals surface area contributed by atoms with Crippen LogP contribution < -0.4 is 5.32 Å². The van der Waals surface area contributed by atoms with Crippen molar-refractivity contribution >= 4 is 0 Å². The van der Waals surface area contributed by atoms with Gasteiger partial charge >= 0.3 is 0 Å². The van der Waals surface area contributed by atoms with Gasteiger partial charge in [0.15, 0.2) is 0 Å². The molecule has 0 aromatic heterocycles. The van der Waals surface area contributed by atoms with Crippen LogP contribution in [0.4, 0.5) is 0 Å². The lowest BCUT2D eigenvalue weighted by atomic mass is 10.0. The van der Waals surface area contributed by atoms with Crippen molar-refractivity contribution in [2.75, 3.05) is 19.7 Å². The van der Waals surface area contributed by atoms with E-state index in [4.69, 9.17) is 4.74 Å². The molecule has 1 N–H and O–H groups in total. The molecule has 20 heavy (non-hydrogen) atoms. The Bertz CT molecular complexity index is 401. The molecule has 0 aliphatic carbocycles. The van der Waals surface area contributed by atoms with Gasteiger partial charge in [-0.15, -0.1) is 0 Å². The first kappa shape index (κ1) is 14.1. The quantitative estimate of drug-likeness (QED) is 0.912. The zero-order valence-corrected chi connectivity index (χ0v) is 12.4. The summed E-state index contributed by atoms with van der Waals surface area (Å²) in [5, 5.41) is 3.80. The van der Waals surface area contributed by atoms with E-state index in [1.54, 1.807) is 0 Å². The third-order valence-corrected chi connectivity index (χ3v) is 4.66. The summed E-state index contributed by atoms with van der Waals surface area (Å²) in [6.07, 6.45) is 4.08. The van der Waals surface area contributed by atoms with Crippen LogP contribution in [0.5, 0.6) is 0 Å². The minimum Gasteiger partial charge on any atom is -0.377 e. The number of benzene rings is 1. The smallest absolute Gasteiger partial charge is 0.0700 e. The van der Waals surface area contributed by atoms with Gasteiger partial charge < -0.3 is 10.1 Å². The first-order valence-electron chi connectivity index (χ1n) is 7.95. The van der Waals surface area contributed by atoms with E-state index >= 15 is 0 Å². The van der Waals surface area contributed by atoms with Crippen LogP contribution in [0.2, 0.25) is 0 Å². The van der Waals surface area contributed by atoms with Crippen molar-refractivity contribution in [1.82, 2.24) is 10.2 Å². The molecule has 2 unspecified atom stereocenters. The Balaban J connectivity index is 1.43. The molecule has 3 nitrogen and oxygen atoms in total. The van der Waals surface area contributed by atoms with Crippen LogP contribution in [0.1, 0.15) is 31.7 Å². The molecule has 2 saturated heterocycles. The van der Waals surface area contributed by atoms with Crippen molar-refractivity contribution < 1.29 is 4.74 Å². The number of hydrogen-bond acceptors (Lipinski definition) is 3. The van der Waals surface area contributed by atoms with Crippen molar-refractivity contribution in [3.8, 4) is 0 Å². The Hall–Kier alpha value is -0.900. The van der Waals surface area contributed by atoms with Crippen molar-refractivity contribution in [2.24, 2.45) is 0 Å². The molecule has 3 rings (SSSR count). The topological polar surface area (TPSA) is 24.5 Å². The van der Waals surface area contributed by atoms with Gasteiger partial charge in [0, 0.05) is 25.2 Å². The van der Waals surface area contributed by atoms with Gasteiger partial charge in [0.25, 0.3) is 0 Å². The molecule has 1 aromatic rings. The normalized spacial score (nSPS) is 28.9. The van der Waals surface area contributed by atoms with Crippen LogP contribution in [-0.4, -0.2) is 42.8 Å². The highest BCUT2D eigenvalue weighted by Gasteiger charge is 2.28. The third-order valence-electron chi connectivity index (χ3n) is 4.66. The number of nitrogens with zero attached hydrogens (tertiary/aromatic N) is 1. The molecule has 110 valence electrons. The summed E-state index contributed by atoms with van der Waals surface area (Å²) >= 11 is 0. The van der Waals surface area contributed by atoms with Crippen LogP contribution in [0.25, 0.3) is 0 Å². The van der Waals surface area contributed by atoms with E-state index in [0.29, 0.717) is 18.2 Å². The lowest BCUT2D eigenvalue weighted by Crippen LogP contribution is -2.47. The molecular formula is C17H26N2O. The number of piperidine rings is 1. The van der Waals surface area contributed by atoms with E-state index in [2.05, 4.69) is 47.5 Å². The SMILES string of the molecule is CC1OCCC1NC1CCN(Cc2ccccc2)CC1. The molecule has 2 fully saturated rings. The van der Waals surface area contributed by atoms with Gasteiger partial charge in [-0.2, -0.15) is 0 Å². The van der Waals surface area contributed by atoms with E-state index in [0.717, 1.165) is 13.2 Å². The minimum absolute atomic E-state index is 0.386. The molecule has 3 heteroatoms. The maximum Gasteiger partial charge on any atom is 0.0700 e. The number of hydrogen-bond donors (Lipinski definition) is 1. The predicted octanol–water partition coefficient (Wildman–Crippen LogP) is 2.42. The third kappa shape index (κ3) is 3.60. The standard InChI is InChI=1S/C17H26N2O/c1-14-17(9-12-20-14)18-16-7-10-19(11-8-16)13-15-5-3-2-4-6-15/h2-6,14,16-18H,7-13H2,1H3. The van der Waals surface area contributed by atoms with Crippen molar-refractivity contribution in [3.63, 3.8) is 0 Å². The summed E-state index contributed by atoms with van der Waals surface area (Å²) in [6.45, 7) is 6.61. The molecule has 1 aromatic carbocycles. The van der Waals surface area contributed by atoms with Gasteiger partial charge in [-0.25, -0.2) is 0 Å². The first-order valence-corrected chi connectivity index (χ1v) is 7.95. The summed E-state index contributed by atoms with van der Waals surface area (Å²) in [4.78, 5) is 2.57. The number of likely N-dealkylation sites (tertiary alicyclic amines) is 1. The molecule has 2 aliphatic rings. The molecule has 2 aliphatic heterocycles. The summed E-state index contributed by atoms with van der Waals surface area (Å²) in [6, 6.07) is 12.0. The van der Waals surface area contributed by atoms with Crippen LogP contribution in [0, 0.1) is 0 Å². The van der Waals surface area contributed by atoms with Gasteiger partial charge in [-0.05, 0) is 44.8 Å². The highest BCUT2D eigenvalue weighted by molar-refractivity contribution is 5.14. The summed E-state index contributed by atoms with van der Waals surface area (Å²) < 4.78 is 5.63. The van der Waals surface area contributed by atoms with Gasteiger partial charge in [0.2, 0.25) is 0 Å².